The molecule has 6 nitrogen and oxygen atoms in total. The maximum Gasteiger partial charge on any atom is 0.190 e. The molecule has 0 saturated carbocycles. The summed E-state index contributed by atoms with van der Waals surface area (Å²) < 4.78 is 28.0. The zero-order chi connectivity index (χ0) is 13.1. The minimum absolute atomic E-state index is 0.122. The number of ether oxygens (including phenoxy) is 5. The molecule has 0 aromatic heterocycles. The minimum atomic E-state index is -0.736. The normalized spacial score (nSPS) is 46.5. The number of hydrogen-bond acceptors (Lipinski definition) is 6. The van der Waals surface area contributed by atoms with Gasteiger partial charge < -0.3 is 28.8 Å². The van der Waals surface area contributed by atoms with Crippen molar-refractivity contribution in [1.29, 1.82) is 0 Å². The Labute approximate surface area is 106 Å². The van der Waals surface area contributed by atoms with Crippen LogP contribution < -0.4 is 0 Å². The third-order valence-electron chi connectivity index (χ3n) is 3.29. The molecule has 18 heavy (non-hydrogen) atoms. The van der Waals surface area contributed by atoms with E-state index in [0.29, 0.717) is 6.61 Å². The Balaban J connectivity index is 1.68. The highest BCUT2D eigenvalue weighted by atomic mass is 16.8. The van der Waals surface area contributed by atoms with Crippen molar-refractivity contribution < 1.29 is 28.8 Å². The molecule has 103 valence electrons. The average molecular weight is 259 g/mol. The van der Waals surface area contributed by atoms with Crippen molar-refractivity contribution in [2.75, 3.05) is 6.61 Å². The molecule has 3 fully saturated rings. The van der Waals surface area contributed by atoms with Crippen LogP contribution in [-0.4, -0.2) is 47.9 Å². The first kappa shape index (κ1) is 12.8. The molecule has 3 aliphatic heterocycles. The molecular formula is C12H19O6. The second-order valence-electron chi connectivity index (χ2n) is 5.77. The SMILES string of the molecule is CC1(C)OC2O[C@H]([C@H]3COC(C)(C)O3)[C](O)[C@H]2O1. The quantitative estimate of drug-likeness (QED) is 0.755. The summed E-state index contributed by atoms with van der Waals surface area (Å²) in [5.41, 5.74) is 0. The molecule has 3 saturated heterocycles. The van der Waals surface area contributed by atoms with Gasteiger partial charge in [0.25, 0.3) is 0 Å². The predicted octanol–water partition coefficient (Wildman–Crippen LogP) is 0.919. The first-order valence-electron chi connectivity index (χ1n) is 6.16. The molecule has 3 rings (SSSR count). The molecule has 3 heterocycles. The van der Waals surface area contributed by atoms with Gasteiger partial charge in [0.15, 0.2) is 24.0 Å². The fourth-order valence-electron chi connectivity index (χ4n) is 2.55. The zero-order valence-electron chi connectivity index (χ0n) is 11.0. The van der Waals surface area contributed by atoms with Crippen LogP contribution in [0.1, 0.15) is 27.7 Å². The molecule has 1 radical (unpaired) electrons. The number of rotatable bonds is 1. The van der Waals surface area contributed by atoms with E-state index < -0.39 is 30.1 Å². The van der Waals surface area contributed by atoms with Crippen molar-refractivity contribution >= 4 is 0 Å². The summed E-state index contributed by atoms with van der Waals surface area (Å²) in [5, 5.41) is 10.2. The molecular weight excluding hydrogens is 240 g/mol. The van der Waals surface area contributed by atoms with Gasteiger partial charge in [0.2, 0.25) is 0 Å². The maximum absolute atomic E-state index is 10.2. The Morgan fingerprint density at radius 2 is 1.72 bits per heavy atom. The fourth-order valence-corrected chi connectivity index (χ4v) is 2.55. The van der Waals surface area contributed by atoms with Gasteiger partial charge >= 0.3 is 0 Å². The van der Waals surface area contributed by atoms with E-state index >= 15 is 0 Å². The molecule has 4 atom stereocenters. The van der Waals surface area contributed by atoms with Gasteiger partial charge in [0, 0.05) is 0 Å². The van der Waals surface area contributed by atoms with Gasteiger partial charge in [-0.25, -0.2) is 0 Å². The van der Waals surface area contributed by atoms with E-state index in [1.807, 2.05) is 13.8 Å². The first-order chi connectivity index (χ1) is 8.27. The van der Waals surface area contributed by atoms with Gasteiger partial charge in [0.05, 0.1) is 6.61 Å². The third-order valence-corrected chi connectivity index (χ3v) is 3.29. The van der Waals surface area contributed by atoms with Crippen LogP contribution in [0.2, 0.25) is 0 Å². The van der Waals surface area contributed by atoms with Gasteiger partial charge in [-0.1, -0.05) is 0 Å². The van der Waals surface area contributed by atoms with Gasteiger partial charge in [-0.2, -0.15) is 0 Å². The van der Waals surface area contributed by atoms with Crippen molar-refractivity contribution in [2.45, 2.75) is 63.9 Å². The number of aliphatic hydroxyl groups is 1. The zero-order valence-corrected chi connectivity index (χ0v) is 11.0. The van der Waals surface area contributed by atoms with E-state index in [2.05, 4.69) is 0 Å². The summed E-state index contributed by atoms with van der Waals surface area (Å²) in [6.45, 7) is 7.61. The van der Waals surface area contributed by atoms with Crippen LogP contribution in [0.15, 0.2) is 0 Å². The standard InChI is InChI=1S/C12H19O6/c1-11(2)14-5-6(16-11)8-7(13)9-10(15-8)18-12(3,4)17-9/h6,8-10,13H,5H2,1-4H3/t6-,8-,9-,10?/m1/s1. The molecule has 0 aromatic carbocycles. The van der Waals surface area contributed by atoms with Crippen LogP contribution in [0.3, 0.4) is 0 Å². The van der Waals surface area contributed by atoms with Crippen LogP contribution in [0.4, 0.5) is 0 Å². The lowest BCUT2D eigenvalue weighted by atomic mass is 10.1. The lowest BCUT2D eigenvalue weighted by Gasteiger charge is -2.25. The highest BCUT2D eigenvalue weighted by Gasteiger charge is 2.58. The second kappa shape index (κ2) is 3.88. The highest BCUT2D eigenvalue weighted by Crippen LogP contribution is 2.43. The Morgan fingerprint density at radius 3 is 2.28 bits per heavy atom. The van der Waals surface area contributed by atoms with Crippen LogP contribution >= 0.6 is 0 Å². The molecule has 6 heteroatoms. The average Bonchev–Trinajstić information content (AvgIpc) is 2.81. The Hall–Kier alpha value is -0.240. The van der Waals surface area contributed by atoms with E-state index in [-0.39, 0.29) is 12.2 Å². The number of fused-ring (bicyclic) bond motifs is 1. The molecule has 0 aliphatic carbocycles. The highest BCUT2D eigenvalue weighted by molar-refractivity contribution is 5.09. The van der Waals surface area contributed by atoms with Crippen LogP contribution in [-0.2, 0) is 23.7 Å². The summed E-state index contributed by atoms with van der Waals surface area (Å²) in [5.74, 6) is -1.38. The van der Waals surface area contributed by atoms with Crippen molar-refractivity contribution in [3.8, 4) is 0 Å². The van der Waals surface area contributed by atoms with E-state index in [0.717, 1.165) is 0 Å². The monoisotopic (exact) mass is 259 g/mol. The Bertz CT molecular complexity index is 341. The molecule has 1 N–H and O–H groups in total. The maximum atomic E-state index is 10.2. The molecule has 0 spiro atoms. The molecule has 0 amide bonds. The van der Waals surface area contributed by atoms with Crippen LogP contribution in [0, 0.1) is 6.10 Å². The Kier molecular flexibility index (Phi) is 2.75. The summed E-state index contributed by atoms with van der Waals surface area (Å²) in [7, 11) is 0. The fraction of sp³-hybridized carbons (Fsp3) is 0.917. The Morgan fingerprint density at radius 1 is 1.00 bits per heavy atom. The van der Waals surface area contributed by atoms with Gasteiger partial charge in [-0.05, 0) is 27.7 Å². The van der Waals surface area contributed by atoms with Gasteiger partial charge in [-0.3, -0.25) is 0 Å². The second-order valence-corrected chi connectivity index (χ2v) is 5.77. The van der Waals surface area contributed by atoms with Crippen molar-refractivity contribution in [1.82, 2.24) is 0 Å². The van der Waals surface area contributed by atoms with E-state index in [1.54, 1.807) is 13.8 Å². The minimum Gasteiger partial charge on any atom is -0.381 e. The molecule has 0 aromatic rings. The molecule has 0 bridgehead atoms. The van der Waals surface area contributed by atoms with E-state index in [1.165, 1.54) is 0 Å². The summed E-state index contributed by atoms with van der Waals surface area (Å²) in [6, 6.07) is 0. The summed E-state index contributed by atoms with van der Waals surface area (Å²) in [4.78, 5) is 0. The van der Waals surface area contributed by atoms with E-state index in [9.17, 15) is 5.11 Å². The summed E-state index contributed by atoms with van der Waals surface area (Å²) >= 11 is 0. The van der Waals surface area contributed by atoms with Crippen molar-refractivity contribution in [3.63, 3.8) is 0 Å². The molecule has 3 aliphatic rings. The molecule has 1 unspecified atom stereocenters. The third kappa shape index (κ3) is 2.07. The van der Waals surface area contributed by atoms with Gasteiger partial charge in [-0.15, -0.1) is 0 Å². The van der Waals surface area contributed by atoms with Gasteiger partial charge in [0.1, 0.15) is 18.3 Å². The number of aliphatic hydroxyl groups excluding tert-OH is 1. The topological polar surface area (TPSA) is 66.4 Å². The smallest absolute Gasteiger partial charge is 0.190 e. The first-order valence-corrected chi connectivity index (χ1v) is 6.16. The lowest BCUT2D eigenvalue weighted by Crippen LogP contribution is -2.37. The van der Waals surface area contributed by atoms with Crippen molar-refractivity contribution in [3.05, 3.63) is 6.10 Å². The van der Waals surface area contributed by atoms with E-state index in [4.69, 9.17) is 23.7 Å². The lowest BCUT2D eigenvalue weighted by molar-refractivity contribution is -0.223. The van der Waals surface area contributed by atoms with Crippen LogP contribution in [0.25, 0.3) is 0 Å². The number of hydrogen-bond donors (Lipinski definition) is 1. The van der Waals surface area contributed by atoms with Crippen molar-refractivity contribution in [2.24, 2.45) is 0 Å². The summed E-state index contributed by atoms with van der Waals surface area (Å²) in [6.07, 6.45) is -1.88. The largest absolute Gasteiger partial charge is 0.381 e. The van der Waals surface area contributed by atoms with Crippen LogP contribution in [0.5, 0.6) is 0 Å². The predicted molar refractivity (Wildman–Crippen MR) is 58.8 cm³/mol.